The lowest BCUT2D eigenvalue weighted by molar-refractivity contribution is 0.208. The number of hydrogen-bond acceptors (Lipinski definition) is 3. The first kappa shape index (κ1) is 14.5. The molecule has 2 rings (SSSR count). The van der Waals surface area contributed by atoms with Crippen molar-refractivity contribution >= 4 is 27.3 Å². The molecule has 1 fully saturated rings. The predicted octanol–water partition coefficient (Wildman–Crippen LogP) is 4.05. The zero-order chi connectivity index (χ0) is 13.3. The van der Waals surface area contributed by atoms with Crippen molar-refractivity contribution in [2.24, 2.45) is 5.92 Å². The summed E-state index contributed by atoms with van der Waals surface area (Å²) in [5.74, 6) is 0.876. The molecule has 1 aromatic heterocycles. The van der Waals surface area contributed by atoms with Crippen molar-refractivity contribution in [3.63, 3.8) is 0 Å². The number of thiazole rings is 1. The van der Waals surface area contributed by atoms with Gasteiger partial charge in [-0.25, -0.2) is 4.98 Å². The average molecular weight is 331 g/mol. The third-order valence-electron chi connectivity index (χ3n) is 3.47. The summed E-state index contributed by atoms with van der Waals surface area (Å²) in [6.07, 6.45) is 2.66. The molecule has 1 aromatic rings. The maximum absolute atomic E-state index is 4.76. The van der Waals surface area contributed by atoms with Crippen LogP contribution in [0.25, 0.3) is 0 Å². The normalized spacial score (nSPS) is 24.3. The van der Waals surface area contributed by atoms with Gasteiger partial charge in [0.1, 0.15) is 5.01 Å². The van der Waals surface area contributed by atoms with E-state index in [0.717, 1.165) is 17.3 Å². The Bertz CT molecular complexity index is 391. The van der Waals surface area contributed by atoms with Crippen LogP contribution in [0, 0.1) is 5.92 Å². The topological polar surface area (TPSA) is 16.1 Å². The predicted molar refractivity (Wildman–Crippen MR) is 82.6 cm³/mol. The van der Waals surface area contributed by atoms with E-state index in [1.54, 1.807) is 11.3 Å². The van der Waals surface area contributed by atoms with E-state index in [2.05, 4.69) is 54.0 Å². The fraction of sp³-hybridized carbons (Fsp3) is 0.786. The molecule has 0 saturated heterocycles. The van der Waals surface area contributed by atoms with Crippen LogP contribution in [0.4, 0.5) is 0 Å². The summed E-state index contributed by atoms with van der Waals surface area (Å²) in [5, 5.41) is 3.46. The third kappa shape index (κ3) is 3.78. The molecule has 0 radical (unpaired) electrons. The minimum atomic E-state index is 0.171. The zero-order valence-corrected chi connectivity index (χ0v) is 14.1. The van der Waals surface area contributed by atoms with E-state index in [4.69, 9.17) is 4.98 Å². The summed E-state index contributed by atoms with van der Waals surface area (Å²) in [6.45, 7) is 8.86. The van der Waals surface area contributed by atoms with E-state index in [1.165, 1.54) is 30.1 Å². The molecule has 102 valence electrons. The first-order valence-corrected chi connectivity index (χ1v) is 8.41. The van der Waals surface area contributed by atoms with Gasteiger partial charge in [0, 0.05) is 22.2 Å². The molecule has 0 bridgehead atoms. The fourth-order valence-electron chi connectivity index (χ4n) is 2.27. The van der Waals surface area contributed by atoms with Crippen molar-refractivity contribution in [3.05, 3.63) is 16.1 Å². The number of halogens is 1. The van der Waals surface area contributed by atoms with Crippen LogP contribution in [-0.4, -0.2) is 28.3 Å². The van der Waals surface area contributed by atoms with E-state index in [-0.39, 0.29) is 5.41 Å². The Morgan fingerprint density at radius 3 is 2.61 bits per heavy atom. The van der Waals surface area contributed by atoms with Gasteiger partial charge in [-0.15, -0.1) is 11.3 Å². The van der Waals surface area contributed by atoms with Crippen LogP contribution in [0.15, 0.2) is 5.38 Å². The Morgan fingerprint density at radius 2 is 2.11 bits per heavy atom. The molecule has 0 aliphatic heterocycles. The number of rotatable bonds is 4. The number of alkyl halides is 1. The molecule has 1 aliphatic rings. The van der Waals surface area contributed by atoms with Gasteiger partial charge in [0.15, 0.2) is 0 Å². The minimum absolute atomic E-state index is 0.171. The van der Waals surface area contributed by atoms with Crippen molar-refractivity contribution in [3.8, 4) is 0 Å². The second kappa shape index (κ2) is 5.59. The van der Waals surface area contributed by atoms with Crippen molar-refractivity contribution in [1.82, 2.24) is 9.88 Å². The van der Waals surface area contributed by atoms with Gasteiger partial charge in [0.2, 0.25) is 0 Å². The standard InChI is InChI=1S/C14H23BrN2S/c1-14(2,3)12-9-18-13(16-12)8-17(4)7-10-5-11(15)6-10/h9-11H,5-8H2,1-4H3. The average Bonchev–Trinajstić information content (AvgIpc) is 2.63. The molecule has 0 N–H and O–H groups in total. The molecule has 0 atom stereocenters. The van der Waals surface area contributed by atoms with Gasteiger partial charge < -0.3 is 0 Å². The van der Waals surface area contributed by atoms with Crippen molar-refractivity contribution in [2.75, 3.05) is 13.6 Å². The Hall–Kier alpha value is 0.0700. The van der Waals surface area contributed by atoms with Crippen LogP contribution in [0.5, 0.6) is 0 Å². The molecule has 0 unspecified atom stereocenters. The fourth-order valence-corrected chi connectivity index (χ4v) is 4.42. The molecule has 1 saturated carbocycles. The van der Waals surface area contributed by atoms with E-state index < -0.39 is 0 Å². The molecule has 0 aromatic carbocycles. The smallest absolute Gasteiger partial charge is 0.107 e. The summed E-state index contributed by atoms with van der Waals surface area (Å²) < 4.78 is 0. The Labute approximate surface area is 123 Å². The Morgan fingerprint density at radius 1 is 1.44 bits per heavy atom. The molecule has 1 heterocycles. The second-order valence-electron chi connectivity index (χ2n) is 6.51. The van der Waals surface area contributed by atoms with Gasteiger partial charge in [-0.3, -0.25) is 4.90 Å². The highest BCUT2D eigenvalue weighted by Gasteiger charge is 2.27. The van der Waals surface area contributed by atoms with E-state index in [0.29, 0.717) is 0 Å². The highest BCUT2D eigenvalue weighted by molar-refractivity contribution is 9.09. The lowest BCUT2D eigenvalue weighted by atomic mass is 9.85. The van der Waals surface area contributed by atoms with Gasteiger partial charge in [0.25, 0.3) is 0 Å². The minimum Gasteiger partial charge on any atom is -0.299 e. The van der Waals surface area contributed by atoms with E-state index >= 15 is 0 Å². The number of aromatic nitrogens is 1. The van der Waals surface area contributed by atoms with Crippen LogP contribution in [0.3, 0.4) is 0 Å². The lowest BCUT2D eigenvalue weighted by Crippen LogP contribution is -2.34. The van der Waals surface area contributed by atoms with Crippen molar-refractivity contribution < 1.29 is 0 Å². The van der Waals surface area contributed by atoms with Crippen LogP contribution >= 0.6 is 27.3 Å². The highest BCUT2D eigenvalue weighted by Crippen LogP contribution is 2.34. The number of hydrogen-bond donors (Lipinski definition) is 0. The molecule has 2 nitrogen and oxygen atoms in total. The van der Waals surface area contributed by atoms with E-state index in [9.17, 15) is 0 Å². The monoisotopic (exact) mass is 330 g/mol. The summed E-state index contributed by atoms with van der Waals surface area (Å²) in [6, 6.07) is 0. The van der Waals surface area contributed by atoms with Crippen LogP contribution < -0.4 is 0 Å². The van der Waals surface area contributed by atoms with Gasteiger partial charge in [-0.2, -0.15) is 0 Å². The highest BCUT2D eigenvalue weighted by atomic mass is 79.9. The van der Waals surface area contributed by atoms with Gasteiger partial charge in [0.05, 0.1) is 12.2 Å². The first-order valence-electron chi connectivity index (χ1n) is 6.62. The van der Waals surface area contributed by atoms with Crippen LogP contribution in [0.2, 0.25) is 0 Å². The molecule has 1 aliphatic carbocycles. The lowest BCUT2D eigenvalue weighted by Gasteiger charge is -2.34. The second-order valence-corrected chi connectivity index (χ2v) is 8.75. The van der Waals surface area contributed by atoms with Gasteiger partial charge in [-0.1, -0.05) is 36.7 Å². The molecule has 0 amide bonds. The zero-order valence-electron chi connectivity index (χ0n) is 11.7. The van der Waals surface area contributed by atoms with Gasteiger partial charge in [-0.05, 0) is 25.8 Å². The van der Waals surface area contributed by atoms with Crippen LogP contribution in [0.1, 0.15) is 44.3 Å². The number of nitrogens with zero attached hydrogens (tertiary/aromatic N) is 2. The summed E-state index contributed by atoms with van der Waals surface area (Å²) in [5.41, 5.74) is 1.39. The molecule has 0 spiro atoms. The molecular weight excluding hydrogens is 308 g/mol. The SMILES string of the molecule is CN(Cc1nc(C(C)(C)C)cs1)CC1CC(Br)C1. The maximum Gasteiger partial charge on any atom is 0.107 e. The van der Waals surface area contributed by atoms with Crippen molar-refractivity contribution in [1.29, 1.82) is 0 Å². The largest absolute Gasteiger partial charge is 0.299 e. The van der Waals surface area contributed by atoms with Crippen LogP contribution in [-0.2, 0) is 12.0 Å². The first-order chi connectivity index (χ1) is 8.34. The Balaban J connectivity index is 1.83. The molecular formula is C14H23BrN2S. The quantitative estimate of drug-likeness (QED) is 0.774. The Kier molecular flexibility index (Phi) is 4.50. The maximum atomic E-state index is 4.76. The summed E-state index contributed by atoms with van der Waals surface area (Å²) in [7, 11) is 2.21. The van der Waals surface area contributed by atoms with Gasteiger partial charge >= 0.3 is 0 Å². The van der Waals surface area contributed by atoms with Crippen molar-refractivity contribution in [2.45, 2.75) is 50.4 Å². The third-order valence-corrected chi connectivity index (χ3v) is 5.05. The van der Waals surface area contributed by atoms with E-state index in [1.807, 2.05) is 0 Å². The summed E-state index contributed by atoms with van der Waals surface area (Å²) >= 11 is 5.45. The molecule has 18 heavy (non-hydrogen) atoms. The molecule has 4 heteroatoms. The summed E-state index contributed by atoms with van der Waals surface area (Å²) in [4.78, 5) is 7.93.